The summed E-state index contributed by atoms with van der Waals surface area (Å²) in [5.74, 6) is 1.40. The van der Waals surface area contributed by atoms with Crippen LogP contribution in [-0.4, -0.2) is 29.6 Å². The Balaban J connectivity index is 1.63. The predicted molar refractivity (Wildman–Crippen MR) is 103 cm³/mol. The van der Waals surface area contributed by atoms with Crippen molar-refractivity contribution in [2.24, 2.45) is 0 Å². The highest BCUT2D eigenvalue weighted by atomic mass is 16.7. The SMILES string of the molecule is Cc1nccc(-c2ccccc2)c1C(=O)N(C)Cc1ccc2c(c1)OCO2. The van der Waals surface area contributed by atoms with Crippen LogP contribution in [0.25, 0.3) is 11.1 Å². The molecule has 0 saturated heterocycles. The van der Waals surface area contributed by atoms with Gasteiger partial charge in [-0.15, -0.1) is 0 Å². The number of carbonyl (C=O) groups is 1. The molecule has 0 spiro atoms. The number of nitrogens with zero attached hydrogens (tertiary/aromatic N) is 2. The standard InChI is InChI=1S/C22H20N2O3/c1-15-21(18(10-11-23-15)17-6-4-3-5-7-17)22(25)24(2)13-16-8-9-19-20(12-16)27-14-26-19/h3-12H,13-14H2,1-2H3. The van der Waals surface area contributed by atoms with Crippen LogP contribution in [0.15, 0.2) is 60.8 Å². The van der Waals surface area contributed by atoms with Crippen molar-refractivity contribution in [2.45, 2.75) is 13.5 Å². The van der Waals surface area contributed by atoms with E-state index in [0.29, 0.717) is 12.1 Å². The van der Waals surface area contributed by atoms with Crippen LogP contribution in [0.4, 0.5) is 0 Å². The molecule has 0 fully saturated rings. The molecular weight excluding hydrogens is 340 g/mol. The molecule has 27 heavy (non-hydrogen) atoms. The third kappa shape index (κ3) is 3.36. The largest absolute Gasteiger partial charge is 0.454 e. The second-order valence-corrected chi connectivity index (χ2v) is 6.53. The molecule has 5 heteroatoms. The highest BCUT2D eigenvalue weighted by Crippen LogP contribution is 2.33. The van der Waals surface area contributed by atoms with Gasteiger partial charge in [-0.3, -0.25) is 9.78 Å². The van der Waals surface area contributed by atoms with Gasteiger partial charge in [0.1, 0.15) is 0 Å². The lowest BCUT2D eigenvalue weighted by atomic mass is 9.98. The van der Waals surface area contributed by atoms with E-state index >= 15 is 0 Å². The van der Waals surface area contributed by atoms with Gasteiger partial charge in [-0.25, -0.2) is 0 Å². The Bertz CT molecular complexity index is 986. The van der Waals surface area contributed by atoms with E-state index in [1.54, 1.807) is 18.1 Å². The molecule has 0 atom stereocenters. The molecule has 5 nitrogen and oxygen atoms in total. The lowest BCUT2D eigenvalue weighted by Gasteiger charge is -2.20. The predicted octanol–water partition coefficient (Wildman–Crippen LogP) is 4.06. The number of amides is 1. The number of carbonyl (C=O) groups excluding carboxylic acids is 1. The molecule has 136 valence electrons. The van der Waals surface area contributed by atoms with Crippen molar-refractivity contribution in [1.29, 1.82) is 0 Å². The highest BCUT2D eigenvalue weighted by molar-refractivity contribution is 6.01. The van der Waals surface area contributed by atoms with Crippen molar-refractivity contribution in [3.05, 3.63) is 77.6 Å². The first-order valence-electron chi connectivity index (χ1n) is 8.78. The van der Waals surface area contributed by atoms with E-state index in [2.05, 4.69) is 4.98 Å². The summed E-state index contributed by atoms with van der Waals surface area (Å²) in [6, 6.07) is 17.5. The van der Waals surface area contributed by atoms with Crippen molar-refractivity contribution in [3.8, 4) is 22.6 Å². The summed E-state index contributed by atoms with van der Waals surface area (Å²) in [7, 11) is 1.80. The fourth-order valence-corrected chi connectivity index (χ4v) is 3.27. The maximum absolute atomic E-state index is 13.2. The minimum absolute atomic E-state index is 0.0582. The van der Waals surface area contributed by atoms with Gasteiger partial charge in [-0.05, 0) is 41.8 Å². The Kier molecular flexibility index (Phi) is 4.50. The second kappa shape index (κ2) is 7.11. The quantitative estimate of drug-likeness (QED) is 0.704. The monoisotopic (exact) mass is 360 g/mol. The number of pyridine rings is 1. The van der Waals surface area contributed by atoms with Gasteiger partial charge in [-0.2, -0.15) is 0 Å². The molecule has 4 rings (SSSR count). The molecule has 0 bridgehead atoms. The molecule has 2 aromatic carbocycles. The van der Waals surface area contributed by atoms with Gasteiger partial charge in [0.05, 0.1) is 11.3 Å². The van der Waals surface area contributed by atoms with E-state index in [-0.39, 0.29) is 12.7 Å². The zero-order valence-corrected chi connectivity index (χ0v) is 15.3. The first-order valence-corrected chi connectivity index (χ1v) is 8.78. The molecule has 1 aliphatic heterocycles. The van der Waals surface area contributed by atoms with Crippen LogP contribution in [0.2, 0.25) is 0 Å². The topological polar surface area (TPSA) is 51.7 Å². The summed E-state index contributed by atoms with van der Waals surface area (Å²) in [5, 5.41) is 0. The van der Waals surface area contributed by atoms with E-state index in [0.717, 1.165) is 33.9 Å². The lowest BCUT2D eigenvalue weighted by molar-refractivity contribution is 0.0784. The number of fused-ring (bicyclic) bond motifs is 1. The van der Waals surface area contributed by atoms with Crippen molar-refractivity contribution in [2.75, 3.05) is 13.8 Å². The van der Waals surface area contributed by atoms with Crippen LogP contribution in [0.1, 0.15) is 21.6 Å². The Labute approximate surface area is 158 Å². The van der Waals surface area contributed by atoms with E-state index in [1.807, 2.05) is 61.5 Å². The van der Waals surface area contributed by atoms with Crippen LogP contribution in [-0.2, 0) is 6.54 Å². The maximum atomic E-state index is 13.2. The summed E-state index contributed by atoms with van der Waals surface area (Å²) in [4.78, 5) is 19.3. The molecule has 0 aliphatic carbocycles. The zero-order valence-electron chi connectivity index (χ0n) is 15.3. The summed E-state index contributed by atoms with van der Waals surface area (Å²) >= 11 is 0. The Morgan fingerprint density at radius 2 is 1.85 bits per heavy atom. The summed E-state index contributed by atoms with van der Waals surface area (Å²) in [6.07, 6.45) is 1.74. The van der Waals surface area contributed by atoms with Gasteiger partial charge in [0.25, 0.3) is 5.91 Å². The number of aryl methyl sites for hydroxylation is 1. The molecule has 0 N–H and O–H groups in total. The minimum atomic E-state index is -0.0582. The van der Waals surface area contributed by atoms with Gasteiger partial charge >= 0.3 is 0 Å². The van der Waals surface area contributed by atoms with Crippen molar-refractivity contribution in [1.82, 2.24) is 9.88 Å². The average molecular weight is 360 g/mol. The summed E-state index contributed by atoms with van der Waals surface area (Å²) in [5.41, 5.74) is 4.23. The van der Waals surface area contributed by atoms with Crippen LogP contribution >= 0.6 is 0 Å². The Morgan fingerprint density at radius 3 is 2.67 bits per heavy atom. The van der Waals surface area contributed by atoms with Crippen molar-refractivity contribution >= 4 is 5.91 Å². The number of rotatable bonds is 4. The average Bonchev–Trinajstić information content (AvgIpc) is 3.16. The maximum Gasteiger partial charge on any atom is 0.256 e. The van der Waals surface area contributed by atoms with Crippen LogP contribution in [0, 0.1) is 6.92 Å². The first-order chi connectivity index (χ1) is 13.1. The number of ether oxygens (including phenoxy) is 2. The van der Waals surface area contributed by atoms with Gasteiger partial charge < -0.3 is 14.4 Å². The molecule has 1 amide bonds. The smallest absolute Gasteiger partial charge is 0.256 e. The third-order valence-electron chi connectivity index (χ3n) is 4.64. The van der Waals surface area contributed by atoms with E-state index in [1.165, 1.54) is 0 Å². The number of hydrogen-bond acceptors (Lipinski definition) is 4. The zero-order chi connectivity index (χ0) is 18.8. The fourth-order valence-electron chi connectivity index (χ4n) is 3.27. The molecule has 1 aromatic heterocycles. The molecular formula is C22H20N2O3. The van der Waals surface area contributed by atoms with Crippen molar-refractivity contribution in [3.63, 3.8) is 0 Å². The van der Waals surface area contributed by atoms with E-state index < -0.39 is 0 Å². The summed E-state index contributed by atoms with van der Waals surface area (Å²) < 4.78 is 10.8. The number of hydrogen-bond donors (Lipinski definition) is 0. The normalized spacial score (nSPS) is 12.1. The fraction of sp³-hybridized carbons (Fsp3) is 0.182. The third-order valence-corrected chi connectivity index (χ3v) is 4.64. The molecule has 0 saturated carbocycles. The van der Waals surface area contributed by atoms with Crippen LogP contribution < -0.4 is 9.47 Å². The van der Waals surface area contributed by atoms with E-state index in [9.17, 15) is 4.79 Å². The molecule has 1 aliphatic rings. The Hall–Kier alpha value is -3.34. The van der Waals surface area contributed by atoms with Gasteiger partial charge in [0.2, 0.25) is 6.79 Å². The van der Waals surface area contributed by atoms with E-state index in [4.69, 9.17) is 9.47 Å². The molecule has 2 heterocycles. The van der Waals surface area contributed by atoms with Gasteiger partial charge in [0, 0.05) is 19.8 Å². The lowest BCUT2D eigenvalue weighted by Crippen LogP contribution is -2.27. The minimum Gasteiger partial charge on any atom is -0.454 e. The van der Waals surface area contributed by atoms with Gasteiger partial charge in [-0.1, -0.05) is 36.4 Å². The van der Waals surface area contributed by atoms with Crippen LogP contribution in [0.5, 0.6) is 11.5 Å². The van der Waals surface area contributed by atoms with Crippen molar-refractivity contribution < 1.29 is 14.3 Å². The number of benzene rings is 2. The van der Waals surface area contributed by atoms with Crippen LogP contribution in [0.3, 0.4) is 0 Å². The molecule has 0 radical (unpaired) electrons. The molecule has 0 unspecified atom stereocenters. The molecule has 3 aromatic rings. The number of aromatic nitrogens is 1. The summed E-state index contributed by atoms with van der Waals surface area (Å²) in [6.45, 7) is 2.58. The second-order valence-electron chi connectivity index (χ2n) is 6.53. The first kappa shape index (κ1) is 17.1. The van der Waals surface area contributed by atoms with Gasteiger partial charge in [0.15, 0.2) is 11.5 Å². The highest BCUT2D eigenvalue weighted by Gasteiger charge is 2.21. The Morgan fingerprint density at radius 1 is 1.07 bits per heavy atom.